The third-order valence-electron chi connectivity index (χ3n) is 1.21. The van der Waals surface area contributed by atoms with Crippen molar-refractivity contribution in [1.29, 1.82) is 0 Å². The zero-order valence-electron chi connectivity index (χ0n) is 5.31. The zero-order valence-corrected chi connectivity index (χ0v) is 6.06. The lowest BCUT2D eigenvalue weighted by molar-refractivity contribution is 0.424. The van der Waals surface area contributed by atoms with Crippen molar-refractivity contribution in [2.45, 2.75) is 0 Å². The number of nitrogen functional groups attached to an aromatic ring is 1. The summed E-state index contributed by atoms with van der Waals surface area (Å²) in [5.74, 6) is -2.23. The van der Waals surface area contributed by atoms with Crippen molar-refractivity contribution >= 4 is 17.3 Å². The van der Waals surface area contributed by atoms with E-state index in [1.54, 1.807) is 0 Å². The van der Waals surface area contributed by atoms with Gasteiger partial charge in [-0.25, -0.2) is 4.39 Å². The number of hydrogen-bond acceptors (Lipinski definition) is 3. The molecule has 0 heterocycles. The molecule has 0 aliphatic heterocycles. The van der Waals surface area contributed by atoms with Crippen LogP contribution in [0.15, 0.2) is 6.07 Å². The SMILES string of the molecule is Nc1c(O)c(F)cc(O)c1Cl. The van der Waals surface area contributed by atoms with Gasteiger partial charge in [0.2, 0.25) is 0 Å². The lowest BCUT2D eigenvalue weighted by Crippen LogP contribution is -1.90. The van der Waals surface area contributed by atoms with Crippen LogP contribution in [0.25, 0.3) is 0 Å². The molecule has 1 aromatic rings. The van der Waals surface area contributed by atoms with Gasteiger partial charge in [0, 0.05) is 6.07 Å². The van der Waals surface area contributed by atoms with Crippen molar-refractivity contribution in [2.24, 2.45) is 0 Å². The maximum absolute atomic E-state index is 12.5. The molecule has 0 spiro atoms. The molecule has 0 aromatic heterocycles. The molecule has 5 heteroatoms. The van der Waals surface area contributed by atoms with Gasteiger partial charge in [-0.15, -0.1) is 0 Å². The first kappa shape index (κ1) is 7.94. The van der Waals surface area contributed by atoms with E-state index < -0.39 is 17.3 Å². The van der Waals surface area contributed by atoms with Crippen LogP contribution in [0, 0.1) is 5.82 Å². The standard InChI is InChI=1S/C6H5ClFNO2/c7-4-3(10)1-2(8)6(11)5(4)9/h1,10-11H,9H2. The van der Waals surface area contributed by atoms with Gasteiger partial charge >= 0.3 is 0 Å². The van der Waals surface area contributed by atoms with Crippen LogP contribution in [0.4, 0.5) is 10.1 Å². The van der Waals surface area contributed by atoms with Crippen molar-refractivity contribution in [2.75, 3.05) is 5.73 Å². The van der Waals surface area contributed by atoms with Crippen LogP contribution >= 0.6 is 11.6 Å². The molecule has 1 rings (SSSR count). The second-order valence-corrected chi connectivity index (χ2v) is 2.33. The van der Waals surface area contributed by atoms with E-state index in [4.69, 9.17) is 27.5 Å². The predicted octanol–water partition coefficient (Wildman–Crippen LogP) is 1.47. The summed E-state index contributed by atoms with van der Waals surface area (Å²) in [6.45, 7) is 0. The Labute approximate surface area is 66.8 Å². The van der Waals surface area contributed by atoms with E-state index in [9.17, 15) is 4.39 Å². The average Bonchev–Trinajstić information content (AvgIpc) is 1.97. The second-order valence-electron chi connectivity index (χ2n) is 1.95. The van der Waals surface area contributed by atoms with Crippen LogP contribution in [0.3, 0.4) is 0 Å². The molecule has 3 nitrogen and oxygen atoms in total. The lowest BCUT2D eigenvalue weighted by atomic mass is 10.2. The Hall–Kier alpha value is -1.16. The Morgan fingerprint density at radius 3 is 2.55 bits per heavy atom. The van der Waals surface area contributed by atoms with Crippen molar-refractivity contribution in [3.8, 4) is 11.5 Å². The average molecular weight is 178 g/mol. The second kappa shape index (κ2) is 2.47. The summed E-state index contributed by atoms with van der Waals surface area (Å²) in [5, 5.41) is 17.4. The molecule has 0 unspecified atom stereocenters. The maximum atomic E-state index is 12.5. The number of benzene rings is 1. The Kier molecular flexibility index (Phi) is 1.78. The number of hydrogen-bond donors (Lipinski definition) is 3. The van der Waals surface area contributed by atoms with Gasteiger partial charge in [-0.3, -0.25) is 0 Å². The molecule has 0 saturated carbocycles. The first-order chi connectivity index (χ1) is 5.04. The van der Waals surface area contributed by atoms with Gasteiger partial charge in [-0.1, -0.05) is 11.6 Å². The fraction of sp³-hybridized carbons (Fsp3) is 0. The fourth-order valence-corrected chi connectivity index (χ4v) is 0.766. The largest absolute Gasteiger partial charge is 0.506 e. The van der Waals surface area contributed by atoms with Crippen molar-refractivity contribution in [1.82, 2.24) is 0 Å². The normalized spacial score (nSPS) is 10.0. The molecule has 0 saturated heterocycles. The highest BCUT2D eigenvalue weighted by Gasteiger charge is 2.12. The smallest absolute Gasteiger partial charge is 0.176 e. The minimum atomic E-state index is -0.996. The molecule has 0 fully saturated rings. The Morgan fingerprint density at radius 2 is 2.00 bits per heavy atom. The van der Waals surface area contributed by atoms with Gasteiger partial charge in [0.05, 0.1) is 5.69 Å². The molecule has 60 valence electrons. The van der Waals surface area contributed by atoms with Gasteiger partial charge in [-0.05, 0) is 0 Å². The fourth-order valence-electron chi connectivity index (χ4n) is 0.622. The van der Waals surface area contributed by atoms with Gasteiger partial charge < -0.3 is 15.9 Å². The van der Waals surface area contributed by atoms with Gasteiger partial charge in [0.25, 0.3) is 0 Å². The van der Waals surface area contributed by atoms with E-state index in [2.05, 4.69) is 0 Å². The van der Waals surface area contributed by atoms with Crippen LogP contribution in [0.1, 0.15) is 0 Å². The molecule has 0 aliphatic carbocycles. The van der Waals surface area contributed by atoms with Crippen LogP contribution in [0.5, 0.6) is 11.5 Å². The molecular weight excluding hydrogens is 173 g/mol. The van der Waals surface area contributed by atoms with Gasteiger partial charge in [0.1, 0.15) is 10.8 Å². The number of phenolic OH excluding ortho intramolecular Hbond substituents is 2. The molecule has 1 aromatic carbocycles. The van der Waals surface area contributed by atoms with E-state index in [-0.39, 0.29) is 10.7 Å². The monoisotopic (exact) mass is 177 g/mol. The van der Waals surface area contributed by atoms with Crippen LogP contribution in [-0.4, -0.2) is 10.2 Å². The first-order valence-electron chi connectivity index (χ1n) is 2.69. The summed E-state index contributed by atoms with van der Waals surface area (Å²) in [4.78, 5) is 0. The van der Waals surface area contributed by atoms with Crippen LogP contribution in [0.2, 0.25) is 5.02 Å². The quantitative estimate of drug-likeness (QED) is 0.319. The van der Waals surface area contributed by atoms with E-state index >= 15 is 0 Å². The molecule has 0 bridgehead atoms. The lowest BCUT2D eigenvalue weighted by Gasteiger charge is -2.03. The molecule has 0 amide bonds. The Morgan fingerprint density at radius 1 is 1.45 bits per heavy atom. The molecular formula is C6H5ClFNO2. The summed E-state index contributed by atoms with van der Waals surface area (Å²) in [7, 11) is 0. The van der Waals surface area contributed by atoms with Crippen LogP contribution in [-0.2, 0) is 0 Å². The highest BCUT2D eigenvalue weighted by atomic mass is 35.5. The molecule has 0 atom stereocenters. The number of rotatable bonds is 0. The first-order valence-corrected chi connectivity index (χ1v) is 3.07. The summed E-state index contributed by atoms with van der Waals surface area (Å²) >= 11 is 5.35. The minimum absolute atomic E-state index is 0.246. The summed E-state index contributed by atoms with van der Waals surface area (Å²) < 4.78 is 12.5. The highest BCUT2D eigenvalue weighted by Crippen LogP contribution is 2.37. The minimum Gasteiger partial charge on any atom is -0.506 e. The number of anilines is 1. The molecule has 0 aliphatic rings. The van der Waals surface area contributed by atoms with Crippen molar-refractivity contribution in [3.63, 3.8) is 0 Å². The number of phenols is 2. The van der Waals surface area contributed by atoms with E-state index in [1.807, 2.05) is 0 Å². The summed E-state index contributed by atoms with van der Waals surface area (Å²) in [5.41, 5.74) is 4.74. The zero-order chi connectivity index (χ0) is 8.59. The predicted molar refractivity (Wildman–Crippen MR) is 39.2 cm³/mol. The maximum Gasteiger partial charge on any atom is 0.176 e. The summed E-state index contributed by atoms with van der Waals surface area (Å²) in [6, 6.07) is 0.689. The third-order valence-corrected chi connectivity index (χ3v) is 1.60. The molecule has 4 N–H and O–H groups in total. The van der Waals surface area contributed by atoms with E-state index in [0.29, 0.717) is 6.07 Å². The van der Waals surface area contributed by atoms with E-state index in [1.165, 1.54) is 0 Å². The van der Waals surface area contributed by atoms with Crippen LogP contribution < -0.4 is 5.73 Å². The number of nitrogens with two attached hydrogens (primary N) is 1. The summed E-state index contributed by atoms with van der Waals surface area (Å²) in [6.07, 6.45) is 0. The number of halogens is 2. The number of aromatic hydroxyl groups is 2. The highest BCUT2D eigenvalue weighted by molar-refractivity contribution is 6.34. The third kappa shape index (κ3) is 1.17. The molecule has 0 radical (unpaired) electrons. The van der Waals surface area contributed by atoms with Crippen molar-refractivity contribution < 1.29 is 14.6 Å². The topological polar surface area (TPSA) is 66.5 Å². The van der Waals surface area contributed by atoms with Gasteiger partial charge in [-0.2, -0.15) is 0 Å². The van der Waals surface area contributed by atoms with Crippen molar-refractivity contribution in [3.05, 3.63) is 16.9 Å². The van der Waals surface area contributed by atoms with Gasteiger partial charge in [0.15, 0.2) is 11.6 Å². The van der Waals surface area contributed by atoms with E-state index in [0.717, 1.165) is 0 Å². The Balaban J connectivity index is 3.46. The molecule has 11 heavy (non-hydrogen) atoms. The Bertz CT molecular complexity index is 277.